The third kappa shape index (κ3) is 3.30. The average molecular weight is 459 g/mol. The van der Waals surface area contributed by atoms with Crippen molar-refractivity contribution in [1.29, 1.82) is 0 Å². The van der Waals surface area contributed by atoms with Crippen molar-refractivity contribution in [2.75, 3.05) is 7.11 Å². The zero-order valence-corrected chi connectivity index (χ0v) is 22.8. The first-order valence-corrected chi connectivity index (χ1v) is 14.0. The lowest BCUT2D eigenvalue weighted by molar-refractivity contribution is -0.289. The summed E-state index contributed by atoms with van der Waals surface area (Å²) in [6, 6.07) is 0. The summed E-state index contributed by atoms with van der Waals surface area (Å²) in [5.74, 6) is 4.09. The first-order valence-electron chi connectivity index (χ1n) is 14.0. The van der Waals surface area contributed by atoms with Crippen molar-refractivity contribution in [2.24, 2.45) is 51.2 Å². The smallest absolute Gasteiger partial charge is 0.162 e. The lowest BCUT2D eigenvalue weighted by Crippen LogP contribution is -2.60. The Kier molecular flexibility index (Phi) is 5.55. The number of methoxy groups -OCH3 is 1. The second kappa shape index (κ2) is 7.55. The number of fused-ring (bicyclic) bond motifs is 5. The molecule has 3 heteroatoms. The monoisotopic (exact) mass is 458 g/mol. The van der Waals surface area contributed by atoms with Crippen LogP contribution in [-0.2, 0) is 14.3 Å². The van der Waals surface area contributed by atoms with Crippen LogP contribution in [0.4, 0.5) is 0 Å². The molecule has 0 N–H and O–H groups in total. The van der Waals surface area contributed by atoms with Crippen molar-refractivity contribution in [3.05, 3.63) is 0 Å². The number of ether oxygens (including phenoxy) is 2. The fourth-order valence-electron chi connectivity index (χ4n) is 10.5. The van der Waals surface area contributed by atoms with Crippen molar-refractivity contribution in [2.45, 2.75) is 125 Å². The summed E-state index contributed by atoms with van der Waals surface area (Å²) in [4.78, 5) is 12.8. The molecule has 1 heterocycles. The normalized spacial score (nSPS) is 53.2. The van der Waals surface area contributed by atoms with Gasteiger partial charge in [0.1, 0.15) is 5.78 Å². The van der Waals surface area contributed by atoms with Crippen molar-refractivity contribution < 1.29 is 14.3 Å². The van der Waals surface area contributed by atoms with Crippen LogP contribution in [0, 0.1) is 51.2 Å². The molecule has 0 aromatic carbocycles. The van der Waals surface area contributed by atoms with Gasteiger partial charge in [-0.2, -0.15) is 0 Å². The first-order chi connectivity index (χ1) is 15.3. The SMILES string of the molecule is COC1O[C@](C)([C@H]2CC[C@@]3(C)C2CC[C@H]2[C@H]3CCC3C(C)(C)C(=O)CC[C@@]32C)CCC1(C)C. The standard InChI is InChI=1S/C30H50O3/c1-26(2)17-18-30(7,33-25(26)32-8)22-13-15-28(5)19-11-12-23-27(3,4)24(31)14-16-29(23,6)20(19)9-10-21(22)28/h19-23,25H,9-18H2,1-8H3/t19-,20+,21?,22+,23?,25?,28-,29-,30+/m1/s1. The van der Waals surface area contributed by atoms with Gasteiger partial charge < -0.3 is 9.47 Å². The second-order valence-corrected chi connectivity index (χ2v) is 14.8. The Hall–Kier alpha value is -0.410. The Morgan fingerprint density at radius 3 is 2.00 bits per heavy atom. The van der Waals surface area contributed by atoms with Crippen LogP contribution in [0.25, 0.3) is 0 Å². The van der Waals surface area contributed by atoms with Crippen LogP contribution < -0.4 is 0 Å². The van der Waals surface area contributed by atoms with Crippen LogP contribution in [0.1, 0.15) is 113 Å². The van der Waals surface area contributed by atoms with Gasteiger partial charge in [-0.25, -0.2) is 0 Å². The Bertz CT molecular complexity index is 800. The van der Waals surface area contributed by atoms with Crippen LogP contribution in [0.2, 0.25) is 0 Å². The number of hydrogen-bond donors (Lipinski definition) is 0. The number of carbonyl (C=O) groups excluding carboxylic acids is 1. The quantitative estimate of drug-likeness (QED) is 0.432. The Labute approximate surface area is 203 Å². The van der Waals surface area contributed by atoms with E-state index in [9.17, 15) is 4.79 Å². The Morgan fingerprint density at radius 1 is 0.727 bits per heavy atom. The summed E-state index contributed by atoms with van der Waals surface area (Å²) in [6.45, 7) is 16.7. The van der Waals surface area contributed by atoms with Crippen LogP contribution >= 0.6 is 0 Å². The van der Waals surface area contributed by atoms with Gasteiger partial charge >= 0.3 is 0 Å². The van der Waals surface area contributed by atoms with Gasteiger partial charge in [0, 0.05) is 24.4 Å². The van der Waals surface area contributed by atoms with Crippen LogP contribution in [-0.4, -0.2) is 24.8 Å². The summed E-state index contributed by atoms with van der Waals surface area (Å²) in [7, 11) is 1.82. The fraction of sp³-hybridized carbons (Fsp3) is 0.967. The highest BCUT2D eigenvalue weighted by molar-refractivity contribution is 5.85. The minimum absolute atomic E-state index is 0.0637. The van der Waals surface area contributed by atoms with Gasteiger partial charge in [0.25, 0.3) is 0 Å². The van der Waals surface area contributed by atoms with Crippen molar-refractivity contribution in [3.63, 3.8) is 0 Å². The molecule has 1 saturated heterocycles. The van der Waals surface area contributed by atoms with Gasteiger partial charge in [0.05, 0.1) is 5.60 Å². The molecule has 4 saturated carbocycles. The number of Topliss-reactive ketones (excluding diaryl/α,β-unsaturated/α-hetero) is 1. The maximum atomic E-state index is 12.8. The minimum atomic E-state index is -0.140. The summed E-state index contributed by atoms with van der Waals surface area (Å²) in [5.41, 5.74) is 0.648. The van der Waals surface area contributed by atoms with E-state index in [0.29, 0.717) is 28.4 Å². The van der Waals surface area contributed by atoms with Crippen molar-refractivity contribution >= 4 is 5.78 Å². The molecule has 9 atom stereocenters. The maximum Gasteiger partial charge on any atom is 0.162 e. The lowest BCUT2D eigenvalue weighted by Gasteiger charge is -2.64. The summed E-state index contributed by atoms with van der Waals surface area (Å²) in [6.07, 6.45) is 12.1. The van der Waals surface area contributed by atoms with E-state index in [1.165, 1.54) is 44.9 Å². The molecule has 3 unspecified atom stereocenters. The summed E-state index contributed by atoms with van der Waals surface area (Å²) in [5, 5.41) is 0. The van der Waals surface area contributed by atoms with Gasteiger partial charge in [-0.15, -0.1) is 0 Å². The molecule has 188 valence electrons. The highest BCUT2D eigenvalue weighted by Crippen LogP contribution is 2.71. The molecule has 0 spiro atoms. The predicted molar refractivity (Wildman–Crippen MR) is 133 cm³/mol. The third-order valence-electron chi connectivity index (χ3n) is 12.6. The van der Waals surface area contributed by atoms with E-state index in [4.69, 9.17) is 9.47 Å². The molecular weight excluding hydrogens is 408 g/mol. The Morgan fingerprint density at radius 2 is 1.33 bits per heavy atom. The molecule has 4 aliphatic carbocycles. The lowest BCUT2D eigenvalue weighted by atomic mass is 9.40. The number of carbonyl (C=O) groups is 1. The van der Waals surface area contributed by atoms with Gasteiger partial charge in [-0.3, -0.25) is 4.79 Å². The van der Waals surface area contributed by atoms with Crippen LogP contribution in [0.5, 0.6) is 0 Å². The average Bonchev–Trinajstić information content (AvgIpc) is 3.11. The molecule has 0 amide bonds. The molecule has 0 bridgehead atoms. The van der Waals surface area contributed by atoms with Gasteiger partial charge in [0.15, 0.2) is 6.29 Å². The number of ketones is 1. The maximum absolute atomic E-state index is 12.8. The summed E-state index contributed by atoms with van der Waals surface area (Å²) >= 11 is 0. The molecule has 0 radical (unpaired) electrons. The first kappa shape index (κ1) is 24.3. The van der Waals surface area contributed by atoms with Crippen molar-refractivity contribution in [1.82, 2.24) is 0 Å². The zero-order chi connectivity index (χ0) is 24.0. The molecule has 5 aliphatic rings. The topological polar surface area (TPSA) is 35.5 Å². The molecule has 5 fully saturated rings. The molecular formula is C30H50O3. The molecule has 1 aliphatic heterocycles. The predicted octanol–water partition coefficient (Wildman–Crippen LogP) is 7.42. The second-order valence-electron chi connectivity index (χ2n) is 14.8. The largest absolute Gasteiger partial charge is 0.355 e. The van der Waals surface area contributed by atoms with E-state index in [0.717, 1.165) is 37.0 Å². The van der Waals surface area contributed by atoms with E-state index in [2.05, 4.69) is 48.5 Å². The molecule has 0 aromatic heterocycles. The third-order valence-corrected chi connectivity index (χ3v) is 12.6. The number of rotatable bonds is 2. The molecule has 33 heavy (non-hydrogen) atoms. The van der Waals surface area contributed by atoms with Crippen molar-refractivity contribution in [3.8, 4) is 0 Å². The Balaban J connectivity index is 1.41. The molecule has 3 nitrogen and oxygen atoms in total. The van der Waals surface area contributed by atoms with E-state index in [1.807, 2.05) is 7.11 Å². The summed E-state index contributed by atoms with van der Waals surface area (Å²) < 4.78 is 12.7. The molecule has 0 aromatic rings. The van der Waals surface area contributed by atoms with Gasteiger partial charge in [-0.05, 0) is 105 Å². The zero-order valence-electron chi connectivity index (χ0n) is 22.8. The van der Waals surface area contributed by atoms with Crippen LogP contribution in [0.3, 0.4) is 0 Å². The minimum Gasteiger partial charge on any atom is -0.355 e. The molecule has 5 rings (SSSR count). The van der Waals surface area contributed by atoms with E-state index in [-0.39, 0.29) is 22.7 Å². The highest BCUT2D eigenvalue weighted by Gasteiger charge is 2.65. The fourth-order valence-corrected chi connectivity index (χ4v) is 10.5. The highest BCUT2D eigenvalue weighted by atomic mass is 16.7. The van der Waals surface area contributed by atoms with Crippen LogP contribution in [0.15, 0.2) is 0 Å². The van der Waals surface area contributed by atoms with Gasteiger partial charge in [-0.1, -0.05) is 41.5 Å². The van der Waals surface area contributed by atoms with E-state index in [1.54, 1.807) is 0 Å². The van der Waals surface area contributed by atoms with E-state index >= 15 is 0 Å². The number of hydrogen-bond acceptors (Lipinski definition) is 3. The van der Waals surface area contributed by atoms with Gasteiger partial charge in [0.2, 0.25) is 0 Å². The van der Waals surface area contributed by atoms with E-state index < -0.39 is 0 Å².